The minimum absolute atomic E-state index is 0.00342. The first kappa shape index (κ1) is 13.3. The first-order valence-corrected chi connectivity index (χ1v) is 6.79. The number of nitrogens with zero attached hydrogens (tertiary/aromatic N) is 3. The lowest BCUT2D eigenvalue weighted by molar-refractivity contribution is 0.0978. The summed E-state index contributed by atoms with van der Waals surface area (Å²) in [4.78, 5) is 16.7. The fraction of sp³-hybridized carbons (Fsp3) is 0.188. The second-order valence-electron chi connectivity index (χ2n) is 5.06. The maximum atomic E-state index is 12.3. The van der Waals surface area contributed by atoms with Gasteiger partial charge in [-0.05, 0) is 24.1 Å². The number of nitrogens with two attached hydrogens (primary N) is 1. The molecule has 106 valence electrons. The van der Waals surface area contributed by atoms with Gasteiger partial charge in [0.05, 0.1) is 11.7 Å². The highest BCUT2D eigenvalue weighted by molar-refractivity contribution is 6.00. The van der Waals surface area contributed by atoms with Gasteiger partial charge in [-0.25, -0.2) is 4.98 Å². The molecule has 0 aliphatic rings. The van der Waals surface area contributed by atoms with E-state index < -0.39 is 0 Å². The average molecular weight is 280 g/mol. The van der Waals surface area contributed by atoms with Crippen molar-refractivity contribution in [3.05, 3.63) is 54.0 Å². The number of hydrogen-bond donors (Lipinski definition) is 1. The van der Waals surface area contributed by atoms with E-state index in [1.54, 1.807) is 16.9 Å². The van der Waals surface area contributed by atoms with Gasteiger partial charge in [-0.1, -0.05) is 18.2 Å². The van der Waals surface area contributed by atoms with Crippen LogP contribution in [0.5, 0.6) is 0 Å². The molecule has 0 amide bonds. The topological polar surface area (TPSA) is 73.8 Å². The Morgan fingerprint density at radius 3 is 2.90 bits per heavy atom. The minimum Gasteiger partial charge on any atom is -0.398 e. The fourth-order valence-corrected chi connectivity index (χ4v) is 2.33. The normalized spacial score (nSPS) is 10.9. The van der Waals surface area contributed by atoms with Gasteiger partial charge in [-0.2, -0.15) is 5.10 Å². The zero-order valence-corrected chi connectivity index (χ0v) is 11.8. The molecule has 0 fully saturated rings. The Morgan fingerprint density at radius 1 is 1.33 bits per heavy atom. The highest BCUT2D eigenvalue weighted by Crippen LogP contribution is 2.21. The highest BCUT2D eigenvalue weighted by atomic mass is 16.1. The summed E-state index contributed by atoms with van der Waals surface area (Å²) < 4.78 is 1.73. The lowest BCUT2D eigenvalue weighted by Crippen LogP contribution is -2.05. The Labute approximate surface area is 122 Å². The van der Waals surface area contributed by atoms with Crippen LogP contribution in [0.1, 0.15) is 22.5 Å². The fourth-order valence-electron chi connectivity index (χ4n) is 2.33. The number of ketones is 1. The van der Waals surface area contributed by atoms with Gasteiger partial charge in [0.15, 0.2) is 5.78 Å². The monoisotopic (exact) mass is 280 g/mol. The van der Waals surface area contributed by atoms with Gasteiger partial charge in [0, 0.05) is 30.7 Å². The molecule has 5 heteroatoms. The van der Waals surface area contributed by atoms with Crippen molar-refractivity contribution in [2.24, 2.45) is 7.05 Å². The predicted octanol–water partition coefficient (Wildman–Crippen LogP) is 2.37. The van der Waals surface area contributed by atoms with E-state index in [1.807, 2.05) is 37.5 Å². The predicted molar refractivity (Wildman–Crippen MR) is 82.0 cm³/mol. The number of anilines is 1. The quantitative estimate of drug-likeness (QED) is 0.744. The number of nitrogen functional groups attached to an aromatic ring is 1. The molecule has 2 heterocycles. The Balaban J connectivity index is 1.81. The van der Waals surface area contributed by atoms with E-state index in [2.05, 4.69) is 10.1 Å². The smallest absolute Gasteiger partial charge is 0.181 e. The molecule has 3 rings (SSSR count). The molecule has 3 aromatic rings. The zero-order chi connectivity index (χ0) is 14.8. The number of rotatable bonds is 4. The van der Waals surface area contributed by atoms with Crippen molar-refractivity contribution < 1.29 is 4.79 Å². The van der Waals surface area contributed by atoms with Crippen LogP contribution in [0.4, 0.5) is 5.69 Å². The Hall–Kier alpha value is -2.69. The molecule has 0 atom stereocenters. The second kappa shape index (κ2) is 5.36. The first-order valence-electron chi connectivity index (χ1n) is 6.79. The molecule has 0 saturated heterocycles. The van der Waals surface area contributed by atoms with Gasteiger partial charge in [-0.15, -0.1) is 0 Å². The van der Waals surface area contributed by atoms with Crippen LogP contribution in [0.3, 0.4) is 0 Å². The Morgan fingerprint density at radius 2 is 2.14 bits per heavy atom. The summed E-state index contributed by atoms with van der Waals surface area (Å²) >= 11 is 0. The van der Waals surface area contributed by atoms with Crippen LogP contribution in [0, 0.1) is 0 Å². The van der Waals surface area contributed by atoms with Gasteiger partial charge in [-0.3, -0.25) is 9.48 Å². The Kier molecular flexibility index (Phi) is 3.39. The molecule has 5 nitrogen and oxygen atoms in total. The molecule has 2 N–H and O–H groups in total. The Bertz CT molecular complexity index is 807. The van der Waals surface area contributed by atoms with Gasteiger partial charge < -0.3 is 5.73 Å². The molecular weight excluding hydrogens is 264 g/mol. The SMILES string of the molecule is Cn1cc(CCC(=O)c2cc(N)c3ccccc3n2)cn1. The third-order valence-electron chi connectivity index (χ3n) is 3.43. The molecule has 2 aromatic heterocycles. The molecule has 1 aromatic carbocycles. The van der Waals surface area contributed by atoms with Crippen molar-refractivity contribution in [3.8, 4) is 0 Å². The number of Topliss-reactive ketones (excluding diaryl/α,β-unsaturated/α-hetero) is 1. The highest BCUT2D eigenvalue weighted by Gasteiger charge is 2.11. The number of para-hydroxylation sites is 1. The maximum absolute atomic E-state index is 12.3. The van der Waals surface area contributed by atoms with E-state index in [1.165, 1.54) is 0 Å². The molecule has 0 spiro atoms. The van der Waals surface area contributed by atoms with E-state index in [-0.39, 0.29) is 5.78 Å². The number of hydrogen-bond acceptors (Lipinski definition) is 4. The third kappa shape index (κ3) is 2.76. The van der Waals surface area contributed by atoms with Crippen LogP contribution < -0.4 is 5.73 Å². The standard InChI is InChI=1S/C16H16N4O/c1-20-10-11(9-18-20)6-7-16(21)15-8-13(17)12-4-2-3-5-14(12)19-15/h2-5,8-10H,6-7H2,1H3,(H2,17,19). The largest absolute Gasteiger partial charge is 0.398 e. The summed E-state index contributed by atoms with van der Waals surface area (Å²) in [5.74, 6) is -0.00342. The number of pyridine rings is 1. The summed E-state index contributed by atoms with van der Waals surface area (Å²) in [6, 6.07) is 9.22. The van der Waals surface area contributed by atoms with Crippen LogP contribution in [0.15, 0.2) is 42.7 Å². The molecule has 21 heavy (non-hydrogen) atoms. The van der Waals surface area contributed by atoms with Crippen LogP contribution in [-0.4, -0.2) is 20.5 Å². The van der Waals surface area contributed by atoms with Crippen molar-refractivity contribution in [1.82, 2.24) is 14.8 Å². The van der Waals surface area contributed by atoms with Crippen molar-refractivity contribution in [2.75, 3.05) is 5.73 Å². The summed E-state index contributed by atoms with van der Waals surface area (Å²) in [6.45, 7) is 0. The molecule has 0 radical (unpaired) electrons. The molecule has 0 aliphatic heterocycles. The van der Waals surface area contributed by atoms with E-state index in [9.17, 15) is 4.79 Å². The molecular formula is C16H16N4O. The second-order valence-corrected chi connectivity index (χ2v) is 5.06. The van der Waals surface area contributed by atoms with Crippen LogP contribution >= 0.6 is 0 Å². The number of carbonyl (C=O) groups is 1. The average Bonchev–Trinajstić information content (AvgIpc) is 2.90. The summed E-state index contributed by atoms with van der Waals surface area (Å²) in [5, 5.41) is 4.97. The summed E-state index contributed by atoms with van der Waals surface area (Å²) in [6.07, 6.45) is 4.74. The van der Waals surface area contributed by atoms with Crippen LogP contribution in [0.25, 0.3) is 10.9 Å². The van der Waals surface area contributed by atoms with E-state index in [0.29, 0.717) is 24.2 Å². The van der Waals surface area contributed by atoms with E-state index >= 15 is 0 Å². The molecule has 0 aliphatic carbocycles. The summed E-state index contributed by atoms with van der Waals surface area (Å²) in [7, 11) is 1.86. The molecule has 0 unspecified atom stereocenters. The van der Waals surface area contributed by atoms with Crippen molar-refractivity contribution in [2.45, 2.75) is 12.8 Å². The van der Waals surface area contributed by atoms with E-state index in [4.69, 9.17) is 5.73 Å². The number of benzene rings is 1. The first-order chi connectivity index (χ1) is 10.1. The van der Waals surface area contributed by atoms with Gasteiger partial charge >= 0.3 is 0 Å². The maximum Gasteiger partial charge on any atom is 0.181 e. The van der Waals surface area contributed by atoms with Crippen molar-refractivity contribution in [1.29, 1.82) is 0 Å². The van der Waals surface area contributed by atoms with Gasteiger partial charge in [0.2, 0.25) is 0 Å². The van der Waals surface area contributed by atoms with Gasteiger partial charge in [0.25, 0.3) is 0 Å². The lowest BCUT2D eigenvalue weighted by Gasteiger charge is -2.05. The number of fused-ring (bicyclic) bond motifs is 1. The number of carbonyl (C=O) groups excluding carboxylic acids is 1. The van der Waals surface area contributed by atoms with Crippen molar-refractivity contribution >= 4 is 22.4 Å². The molecule has 0 saturated carbocycles. The molecule has 0 bridgehead atoms. The van der Waals surface area contributed by atoms with Gasteiger partial charge in [0.1, 0.15) is 5.69 Å². The van der Waals surface area contributed by atoms with E-state index in [0.717, 1.165) is 16.5 Å². The third-order valence-corrected chi connectivity index (χ3v) is 3.43. The van der Waals surface area contributed by atoms with Crippen LogP contribution in [0.2, 0.25) is 0 Å². The lowest BCUT2D eigenvalue weighted by atomic mass is 10.1. The minimum atomic E-state index is -0.00342. The number of aryl methyl sites for hydroxylation is 2. The van der Waals surface area contributed by atoms with Crippen molar-refractivity contribution in [3.63, 3.8) is 0 Å². The number of aromatic nitrogens is 3. The summed E-state index contributed by atoms with van der Waals surface area (Å²) in [5.41, 5.74) is 8.81. The van der Waals surface area contributed by atoms with Crippen LogP contribution in [-0.2, 0) is 13.5 Å². The zero-order valence-electron chi connectivity index (χ0n) is 11.8.